The van der Waals surface area contributed by atoms with Crippen molar-refractivity contribution >= 4 is 36.4 Å². The van der Waals surface area contributed by atoms with E-state index in [1.165, 1.54) is 11.1 Å². The lowest BCUT2D eigenvalue weighted by molar-refractivity contribution is -0.342. The Labute approximate surface area is 195 Å². The number of ether oxygens (including phenoxy) is 1. The van der Waals surface area contributed by atoms with E-state index in [-0.39, 0.29) is 4.70 Å². The SMILES string of the molecule is C1=[NH+]c2ccccc2C1=CC=C1C=C(c2ccccc2)C=C(c2ccccc2)O1.FB(F)F.[F-]. The number of halogens is 4. The lowest BCUT2D eigenvalue weighted by Crippen LogP contribution is -3.00. The van der Waals surface area contributed by atoms with Gasteiger partial charge in [-0.1, -0.05) is 72.8 Å². The molecule has 0 saturated carbocycles. The number of rotatable bonds is 3. The highest BCUT2D eigenvalue weighted by Gasteiger charge is 2.17. The summed E-state index contributed by atoms with van der Waals surface area (Å²) < 4.78 is 35.2. The third-order valence-corrected chi connectivity index (χ3v) is 5.03. The molecule has 0 radical (unpaired) electrons. The number of hydrogen-bond donors (Lipinski definition) is 1. The van der Waals surface area contributed by atoms with Gasteiger partial charge in [0.1, 0.15) is 11.5 Å². The third kappa shape index (κ3) is 6.22. The molecule has 0 fully saturated rings. The molecule has 0 spiro atoms. The zero-order chi connectivity index (χ0) is 23.0. The highest BCUT2D eigenvalue weighted by atomic mass is 19.4. The molecule has 7 heteroatoms. The maximum absolute atomic E-state index is 9.67. The summed E-state index contributed by atoms with van der Waals surface area (Å²) in [6, 6.07) is 28.9. The van der Waals surface area contributed by atoms with Crippen LogP contribution in [0.3, 0.4) is 0 Å². The van der Waals surface area contributed by atoms with Gasteiger partial charge in [-0.15, -0.1) is 0 Å². The summed E-state index contributed by atoms with van der Waals surface area (Å²) in [5, 5.41) is 0. The van der Waals surface area contributed by atoms with Gasteiger partial charge < -0.3 is 9.44 Å². The van der Waals surface area contributed by atoms with Gasteiger partial charge in [-0.05, 0) is 41.5 Å². The normalized spacial score (nSPS) is 15.9. The van der Waals surface area contributed by atoms with E-state index in [0.29, 0.717) is 0 Å². The second-order valence-corrected chi connectivity index (χ2v) is 7.22. The maximum atomic E-state index is 9.67. The molecular formula is C27H20BF4NO. The molecule has 0 amide bonds. The molecule has 1 N–H and O–H groups in total. The average molecular weight is 461 g/mol. The van der Waals surface area contributed by atoms with Crippen LogP contribution in [0.4, 0.5) is 18.6 Å². The molecule has 2 aliphatic rings. The Hall–Kier alpha value is -4.13. The van der Waals surface area contributed by atoms with Gasteiger partial charge in [-0.2, -0.15) is 0 Å². The van der Waals surface area contributed by atoms with E-state index in [2.05, 4.69) is 77.8 Å². The fraction of sp³-hybridized carbons (Fsp3) is 0. The molecule has 34 heavy (non-hydrogen) atoms. The van der Waals surface area contributed by atoms with E-state index in [0.717, 1.165) is 33.9 Å². The third-order valence-electron chi connectivity index (χ3n) is 5.03. The van der Waals surface area contributed by atoms with Crippen molar-refractivity contribution in [3.05, 3.63) is 132 Å². The van der Waals surface area contributed by atoms with E-state index in [4.69, 9.17) is 4.74 Å². The summed E-state index contributed by atoms with van der Waals surface area (Å²) >= 11 is 0. The van der Waals surface area contributed by atoms with Crippen molar-refractivity contribution in [3.8, 4) is 0 Å². The molecule has 0 aromatic heterocycles. The summed E-state index contributed by atoms with van der Waals surface area (Å²) in [7, 11) is -3.67. The minimum atomic E-state index is -3.67. The van der Waals surface area contributed by atoms with Gasteiger partial charge in [-0.25, -0.2) is 4.99 Å². The van der Waals surface area contributed by atoms with Crippen LogP contribution in [-0.2, 0) is 4.74 Å². The van der Waals surface area contributed by atoms with Crippen LogP contribution in [-0.4, -0.2) is 13.8 Å². The van der Waals surface area contributed by atoms with Crippen LogP contribution in [0.25, 0.3) is 16.9 Å². The second kappa shape index (κ2) is 11.7. The smallest absolute Gasteiger partial charge is 0.762 e. The van der Waals surface area contributed by atoms with Crippen LogP contribution in [0, 0.1) is 0 Å². The average Bonchev–Trinajstić information content (AvgIpc) is 3.26. The minimum absolute atomic E-state index is 0. The Morgan fingerprint density at radius 1 is 0.706 bits per heavy atom. The fourth-order valence-corrected chi connectivity index (χ4v) is 3.55. The molecule has 2 aliphatic heterocycles. The van der Waals surface area contributed by atoms with E-state index >= 15 is 0 Å². The summed E-state index contributed by atoms with van der Waals surface area (Å²) in [4.78, 5) is 3.32. The standard InChI is InChI=1S/C27H19NO.BF3.FH/c1-3-9-20(10-4-1)23-17-24(29-27(18-23)21-11-5-2-6-12-21)16-15-22-19-28-26-14-8-7-13-25(22)26;2-1(3)4;/h1-19H;;1H. The highest BCUT2D eigenvalue weighted by molar-refractivity contribution is 6.33. The van der Waals surface area contributed by atoms with Crippen molar-refractivity contribution < 1.29 is 27.4 Å². The first kappa shape index (κ1) is 24.5. The number of hydrogen-bond acceptors (Lipinski definition) is 1. The Morgan fingerprint density at radius 3 is 1.97 bits per heavy atom. The molecule has 0 aliphatic carbocycles. The first-order valence-electron chi connectivity index (χ1n) is 10.4. The van der Waals surface area contributed by atoms with Crippen molar-refractivity contribution in [3.63, 3.8) is 0 Å². The molecule has 0 saturated heterocycles. The molecule has 2 heterocycles. The largest absolute Gasteiger partial charge is 1.00 e. The van der Waals surface area contributed by atoms with Gasteiger partial charge in [-0.3, -0.25) is 12.9 Å². The van der Waals surface area contributed by atoms with Crippen molar-refractivity contribution in [1.82, 2.24) is 0 Å². The number of para-hydroxylation sites is 1. The summed E-state index contributed by atoms with van der Waals surface area (Å²) in [5.41, 5.74) is 6.84. The predicted molar refractivity (Wildman–Crippen MR) is 128 cm³/mol. The Bertz CT molecular complexity index is 1260. The van der Waals surface area contributed by atoms with Crippen LogP contribution in [0.1, 0.15) is 16.7 Å². The fourth-order valence-electron chi connectivity index (χ4n) is 3.55. The first-order chi connectivity index (χ1) is 16.1. The zero-order valence-corrected chi connectivity index (χ0v) is 18.0. The Kier molecular flexibility index (Phi) is 8.40. The van der Waals surface area contributed by atoms with Crippen LogP contribution in [0.15, 0.2) is 115 Å². The van der Waals surface area contributed by atoms with E-state index < -0.39 is 7.54 Å². The van der Waals surface area contributed by atoms with Gasteiger partial charge >= 0.3 is 7.54 Å². The number of benzene rings is 3. The van der Waals surface area contributed by atoms with E-state index in [1.807, 2.05) is 42.6 Å². The van der Waals surface area contributed by atoms with Crippen LogP contribution in [0.5, 0.6) is 0 Å². The highest BCUT2D eigenvalue weighted by Crippen LogP contribution is 2.32. The number of nitrogens with one attached hydrogen (secondary N) is 1. The molecule has 3 aromatic carbocycles. The van der Waals surface area contributed by atoms with Gasteiger partial charge in [0.15, 0.2) is 6.21 Å². The molecule has 0 atom stereocenters. The van der Waals surface area contributed by atoms with Gasteiger partial charge in [0.05, 0.1) is 11.1 Å². The van der Waals surface area contributed by atoms with Crippen LogP contribution in [0.2, 0.25) is 0 Å². The minimum Gasteiger partial charge on any atom is -1.00 e. The Balaban J connectivity index is 0.000000603. The quantitative estimate of drug-likeness (QED) is 0.471. The summed E-state index contributed by atoms with van der Waals surface area (Å²) in [5.74, 6) is 1.67. The first-order valence-corrected chi connectivity index (χ1v) is 10.4. The van der Waals surface area contributed by atoms with Crippen molar-refractivity contribution in [2.24, 2.45) is 0 Å². The second-order valence-electron chi connectivity index (χ2n) is 7.22. The molecule has 3 aromatic rings. The van der Waals surface area contributed by atoms with Crippen molar-refractivity contribution in [2.45, 2.75) is 0 Å². The van der Waals surface area contributed by atoms with Gasteiger partial charge in [0, 0.05) is 11.6 Å². The molecule has 2 nitrogen and oxygen atoms in total. The number of fused-ring (bicyclic) bond motifs is 1. The lowest BCUT2D eigenvalue weighted by atomic mass is 10.0. The molecule has 0 unspecified atom stereocenters. The molecule has 5 rings (SSSR count). The number of allylic oxidation sites excluding steroid dienone is 6. The Morgan fingerprint density at radius 2 is 1.29 bits per heavy atom. The van der Waals surface area contributed by atoms with Gasteiger partial charge in [0.2, 0.25) is 5.69 Å². The van der Waals surface area contributed by atoms with Crippen LogP contribution >= 0.6 is 0 Å². The summed E-state index contributed by atoms with van der Waals surface area (Å²) in [6.45, 7) is 0. The maximum Gasteiger partial charge on any atom is 0.762 e. The van der Waals surface area contributed by atoms with Gasteiger partial charge in [0.25, 0.3) is 0 Å². The molecule has 0 bridgehead atoms. The molecular weight excluding hydrogens is 441 g/mol. The van der Waals surface area contributed by atoms with Crippen molar-refractivity contribution in [2.75, 3.05) is 0 Å². The topological polar surface area (TPSA) is 23.2 Å². The summed E-state index contributed by atoms with van der Waals surface area (Å²) in [6.07, 6.45) is 10.4. The molecule has 170 valence electrons. The van der Waals surface area contributed by atoms with Crippen LogP contribution < -0.4 is 9.70 Å². The predicted octanol–water partition coefficient (Wildman–Crippen LogP) is 2.79. The van der Waals surface area contributed by atoms with E-state index in [9.17, 15) is 12.9 Å². The monoisotopic (exact) mass is 461 g/mol. The lowest BCUT2D eigenvalue weighted by Gasteiger charge is -2.18. The zero-order valence-electron chi connectivity index (χ0n) is 18.0. The van der Waals surface area contributed by atoms with Crippen molar-refractivity contribution in [1.29, 1.82) is 0 Å². The van der Waals surface area contributed by atoms with E-state index in [1.54, 1.807) is 0 Å².